The van der Waals surface area contributed by atoms with Crippen LogP contribution in [-0.2, 0) is 27.5 Å². The fourth-order valence-corrected chi connectivity index (χ4v) is 1.67. The number of hydrogen-bond donors (Lipinski definition) is 1. The van der Waals surface area contributed by atoms with Gasteiger partial charge in [0, 0.05) is 16.2 Å². The quantitative estimate of drug-likeness (QED) is 0.832. The highest BCUT2D eigenvalue weighted by molar-refractivity contribution is 9.10. The molecule has 5 nitrogen and oxygen atoms in total. The van der Waals surface area contributed by atoms with Crippen molar-refractivity contribution in [1.29, 1.82) is 0 Å². The van der Waals surface area contributed by atoms with Gasteiger partial charge in [-0.2, -0.15) is 8.42 Å². The Kier molecular flexibility index (Phi) is 4.21. The maximum absolute atomic E-state index is 10.8. The highest BCUT2D eigenvalue weighted by atomic mass is 79.9. The van der Waals surface area contributed by atoms with Crippen LogP contribution >= 0.6 is 15.9 Å². The largest absolute Gasteiger partial charge is 0.390 e. The molecule has 1 aromatic heterocycles. The molecule has 0 aromatic carbocycles. The summed E-state index contributed by atoms with van der Waals surface area (Å²) in [6.45, 7) is -0.378. The molecule has 0 bridgehead atoms. The monoisotopic (exact) mass is 295 g/mol. The molecule has 1 aromatic rings. The first-order valence-corrected chi connectivity index (χ1v) is 6.62. The first kappa shape index (κ1) is 12.6. The Morgan fingerprint density at radius 2 is 2.27 bits per heavy atom. The second-order valence-electron chi connectivity index (χ2n) is 2.88. The minimum atomic E-state index is -3.48. The highest BCUT2D eigenvalue weighted by Gasteiger charge is 2.08. The smallest absolute Gasteiger partial charge is 0.264 e. The molecule has 15 heavy (non-hydrogen) atoms. The minimum absolute atomic E-state index is 0.124. The number of aliphatic hydroxyl groups is 1. The first-order valence-electron chi connectivity index (χ1n) is 4.01. The summed E-state index contributed by atoms with van der Waals surface area (Å²) in [5.74, 6) is 0. The lowest BCUT2D eigenvalue weighted by Crippen LogP contribution is -2.06. The van der Waals surface area contributed by atoms with Gasteiger partial charge in [-0.15, -0.1) is 0 Å². The summed E-state index contributed by atoms with van der Waals surface area (Å²) in [6, 6.07) is 1.66. The van der Waals surface area contributed by atoms with Gasteiger partial charge in [0.2, 0.25) is 0 Å². The van der Waals surface area contributed by atoms with Crippen molar-refractivity contribution in [2.75, 3.05) is 6.26 Å². The summed E-state index contributed by atoms with van der Waals surface area (Å²) in [4.78, 5) is 3.93. The molecule has 0 saturated carbocycles. The molecule has 0 amide bonds. The van der Waals surface area contributed by atoms with Gasteiger partial charge in [0.1, 0.15) is 0 Å². The number of halogens is 1. The number of aliphatic hydroxyl groups excluding tert-OH is 1. The molecule has 0 fully saturated rings. The van der Waals surface area contributed by atoms with Crippen LogP contribution in [0.15, 0.2) is 16.7 Å². The average molecular weight is 296 g/mol. The van der Waals surface area contributed by atoms with E-state index in [4.69, 9.17) is 5.11 Å². The Morgan fingerprint density at radius 3 is 2.80 bits per heavy atom. The number of rotatable bonds is 4. The Balaban J connectivity index is 2.88. The van der Waals surface area contributed by atoms with Crippen molar-refractivity contribution in [3.05, 3.63) is 28.0 Å². The molecule has 0 saturated heterocycles. The molecule has 1 rings (SSSR count). The van der Waals surface area contributed by atoms with Crippen molar-refractivity contribution in [2.24, 2.45) is 0 Å². The van der Waals surface area contributed by atoms with Gasteiger partial charge in [-0.3, -0.25) is 9.17 Å². The molecule has 0 aliphatic heterocycles. The number of hydrogen-bond acceptors (Lipinski definition) is 5. The molecular weight excluding hydrogens is 286 g/mol. The Bertz CT molecular complexity index is 446. The Morgan fingerprint density at radius 1 is 1.60 bits per heavy atom. The summed E-state index contributed by atoms with van der Waals surface area (Å²) in [5, 5.41) is 8.96. The van der Waals surface area contributed by atoms with Gasteiger partial charge in [-0.25, -0.2) is 0 Å². The average Bonchev–Trinajstić information content (AvgIpc) is 2.14. The zero-order valence-corrected chi connectivity index (χ0v) is 10.4. The van der Waals surface area contributed by atoms with E-state index in [1.807, 2.05) is 0 Å². The summed E-state index contributed by atoms with van der Waals surface area (Å²) in [5.41, 5.74) is 0.944. The molecule has 0 atom stereocenters. The molecule has 1 heterocycles. The van der Waals surface area contributed by atoms with E-state index >= 15 is 0 Å². The van der Waals surface area contributed by atoms with Gasteiger partial charge in [0.05, 0.1) is 25.2 Å². The zero-order valence-electron chi connectivity index (χ0n) is 7.97. The summed E-state index contributed by atoms with van der Waals surface area (Å²) in [6.07, 6.45) is 2.49. The van der Waals surface area contributed by atoms with E-state index in [1.165, 1.54) is 6.20 Å². The van der Waals surface area contributed by atoms with Crippen molar-refractivity contribution in [1.82, 2.24) is 4.98 Å². The third-order valence-electron chi connectivity index (χ3n) is 1.60. The molecule has 0 aliphatic rings. The van der Waals surface area contributed by atoms with E-state index < -0.39 is 10.1 Å². The van der Waals surface area contributed by atoms with Gasteiger partial charge < -0.3 is 5.11 Å². The predicted molar refractivity (Wildman–Crippen MR) is 57.5 cm³/mol. The topological polar surface area (TPSA) is 76.5 Å². The zero-order chi connectivity index (χ0) is 11.5. The number of pyridine rings is 1. The van der Waals surface area contributed by atoms with Gasteiger partial charge in [-0.1, -0.05) is 0 Å². The maximum atomic E-state index is 10.8. The van der Waals surface area contributed by atoms with E-state index in [-0.39, 0.29) is 13.2 Å². The minimum Gasteiger partial charge on any atom is -0.390 e. The van der Waals surface area contributed by atoms with Crippen LogP contribution in [0.2, 0.25) is 0 Å². The number of aromatic nitrogens is 1. The third-order valence-corrected chi connectivity index (χ3v) is 2.58. The fourth-order valence-electron chi connectivity index (χ4n) is 0.947. The summed E-state index contributed by atoms with van der Waals surface area (Å²) >= 11 is 3.20. The lowest BCUT2D eigenvalue weighted by Gasteiger charge is -2.06. The maximum Gasteiger partial charge on any atom is 0.264 e. The molecule has 7 heteroatoms. The van der Waals surface area contributed by atoms with E-state index in [2.05, 4.69) is 25.1 Å². The van der Waals surface area contributed by atoms with Crippen LogP contribution in [-0.4, -0.2) is 24.8 Å². The van der Waals surface area contributed by atoms with Crippen molar-refractivity contribution in [2.45, 2.75) is 13.2 Å². The van der Waals surface area contributed by atoms with E-state index in [0.717, 1.165) is 6.26 Å². The third kappa shape index (κ3) is 4.25. The van der Waals surface area contributed by atoms with Crippen LogP contribution in [0.25, 0.3) is 0 Å². The predicted octanol–water partition coefficient (Wildman–Crippen LogP) is 0.813. The fraction of sp³-hybridized carbons (Fsp3) is 0.375. The second-order valence-corrected chi connectivity index (χ2v) is 5.44. The van der Waals surface area contributed by atoms with Crippen LogP contribution in [0, 0.1) is 0 Å². The lowest BCUT2D eigenvalue weighted by atomic mass is 10.2. The lowest BCUT2D eigenvalue weighted by molar-refractivity contribution is 0.266. The van der Waals surface area contributed by atoms with Gasteiger partial charge in [0.25, 0.3) is 10.1 Å². The Labute approximate surface area is 96.4 Å². The van der Waals surface area contributed by atoms with E-state index in [1.54, 1.807) is 6.07 Å². The van der Waals surface area contributed by atoms with E-state index in [0.29, 0.717) is 15.7 Å². The molecular formula is C8H10BrNO4S. The van der Waals surface area contributed by atoms with Crippen molar-refractivity contribution < 1.29 is 17.7 Å². The van der Waals surface area contributed by atoms with Crippen LogP contribution in [0.5, 0.6) is 0 Å². The van der Waals surface area contributed by atoms with Crippen molar-refractivity contribution in [3.8, 4) is 0 Å². The van der Waals surface area contributed by atoms with Crippen molar-refractivity contribution >= 4 is 26.0 Å². The normalized spacial score (nSPS) is 11.7. The molecule has 0 unspecified atom stereocenters. The summed E-state index contributed by atoms with van der Waals surface area (Å²) < 4.78 is 26.9. The van der Waals surface area contributed by atoms with Crippen LogP contribution in [0.3, 0.4) is 0 Å². The van der Waals surface area contributed by atoms with Crippen LogP contribution in [0.1, 0.15) is 11.3 Å². The highest BCUT2D eigenvalue weighted by Crippen LogP contribution is 2.15. The molecule has 0 radical (unpaired) electrons. The summed E-state index contributed by atoms with van der Waals surface area (Å²) in [7, 11) is -3.48. The molecule has 84 valence electrons. The van der Waals surface area contributed by atoms with Gasteiger partial charge in [-0.05, 0) is 22.0 Å². The number of nitrogens with zero attached hydrogens (tertiary/aromatic N) is 1. The first-order chi connectivity index (χ1) is 6.92. The van der Waals surface area contributed by atoms with Crippen LogP contribution < -0.4 is 0 Å². The van der Waals surface area contributed by atoms with Crippen LogP contribution in [0.4, 0.5) is 0 Å². The van der Waals surface area contributed by atoms with Crippen molar-refractivity contribution in [3.63, 3.8) is 0 Å². The second kappa shape index (κ2) is 5.02. The molecule has 0 spiro atoms. The van der Waals surface area contributed by atoms with Gasteiger partial charge >= 0.3 is 0 Å². The Hall–Kier alpha value is -0.500. The van der Waals surface area contributed by atoms with E-state index in [9.17, 15) is 8.42 Å². The molecule has 1 N–H and O–H groups in total. The SMILES string of the molecule is CS(=O)(=O)OCc1cc(Br)cnc1CO. The standard InChI is InChI=1S/C8H10BrNO4S/c1-15(12,13)14-5-6-2-7(9)3-10-8(6)4-11/h2-3,11H,4-5H2,1H3. The molecule has 0 aliphatic carbocycles. The van der Waals surface area contributed by atoms with Gasteiger partial charge in [0.15, 0.2) is 0 Å².